The van der Waals surface area contributed by atoms with E-state index in [0.29, 0.717) is 30.7 Å². The maximum Gasteiger partial charge on any atom is 0.0897 e. The number of rotatable bonds is 9. The van der Waals surface area contributed by atoms with Gasteiger partial charge in [0.25, 0.3) is 0 Å². The lowest BCUT2D eigenvalue weighted by molar-refractivity contribution is 0.0286. The molecule has 0 saturated heterocycles. The molecule has 0 aliphatic rings. The van der Waals surface area contributed by atoms with Crippen molar-refractivity contribution in [3.05, 3.63) is 34.9 Å². The average molecular weight is 286 g/mol. The molecule has 0 radical (unpaired) electrons. The second-order valence-corrected chi connectivity index (χ2v) is 5.34. The number of ether oxygens (including phenoxy) is 1. The Morgan fingerprint density at radius 2 is 2.05 bits per heavy atom. The fraction of sp³-hybridized carbons (Fsp3) is 0.600. The van der Waals surface area contributed by atoms with Gasteiger partial charge in [0.05, 0.1) is 19.3 Å². The van der Waals surface area contributed by atoms with E-state index in [1.807, 2.05) is 24.3 Å². The van der Waals surface area contributed by atoms with E-state index < -0.39 is 6.10 Å². The second-order valence-electron chi connectivity index (χ2n) is 4.93. The molecule has 1 aromatic rings. The first-order valence-electron chi connectivity index (χ1n) is 6.83. The molecule has 2 atom stereocenters. The molecule has 0 aliphatic carbocycles. The first-order chi connectivity index (χ1) is 9.13. The largest absolute Gasteiger partial charge is 0.389 e. The van der Waals surface area contributed by atoms with Crippen LogP contribution in [0.1, 0.15) is 25.8 Å². The van der Waals surface area contributed by atoms with Crippen molar-refractivity contribution in [1.82, 2.24) is 5.32 Å². The minimum Gasteiger partial charge on any atom is -0.389 e. The third-order valence-electron chi connectivity index (χ3n) is 3.10. The molecule has 4 heteroatoms. The monoisotopic (exact) mass is 285 g/mol. The highest BCUT2D eigenvalue weighted by atomic mass is 35.5. The minimum absolute atomic E-state index is 0.318. The molecule has 19 heavy (non-hydrogen) atoms. The third-order valence-corrected chi connectivity index (χ3v) is 3.46. The summed E-state index contributed by atoms with van der Waals surface area (Å²) in [7, 11) is 0. The molecule has 2 unspecified atom stereocenters. The van der Waals surface area contributed by atoms with E-state index in [0.717, 1.165) is 18.5 Å². The van der Waals surface area contributed by atoms with Gasteiger partial charge in [0.15, 0.2) is 0 Å². The van der Waals surface area contributed by atoms with Crippen molar-refractivity contribution in [3.63, 3.8) is 0 Å². The summed E-state index contributed by atoms with van der Waals surface area (Å²) < 4.78 is 5.47. The zero-order chi connectivity index (χ0) is 14.1. The summed E-state index contributed by atoms with van der Waals surface area (Å²) in [6.07, 6.45) is 0.665. The maximum atomic E-state index is 9.76. The molecule has 0 aliphatic heterocycles. The highest BCUT2D eigenvalue weighted by Crippen LogP contribution is 2.15. The molecular weight excluding hydrogens is 262 g/mol. The van der Waals surface area contributed by atoms with Crippen LogP contribution in [0, 0.1) is 5.92 Å². The molecule has 108 valence electrons. The zero-order valence-corrected chi connectivity index (χ0v) is 12.5. The van der Waals surface area contributed by atoms with Crippen molar-refractivity contribution < 1.29 is 9.84 Å². The van der Waals surface area contributed by atoms with Gasteiger partial charge in [-0.15, -0.1) is 0 Å². The van der Waals surface area contributed by atoms with Crippen LogP contribution in [-0.2, 0) is 11.3 Å². The van der Waals surface area contributed by atoms with Crippen LogP contribution in [0.15, 0.2) is 24.3 Å². The summed E-state index contributed by atoms with van der Waals surface area (Å²) in [5.74, 6) is 0.635. The fourth-order valence-corrected chi connectivity index (χ4v) is 1.81. The molecule has 0 fully saturated rings. The molecule has 0 aromatic heterocycles. The fourth-order valence-electron chi connectivity index (χ4n) is 1.62. The smallest absolute Gasteiger partial charge is 0.0897 e. The molecule has 0 heterocycles. The van der Waals surface area contributed by atoms with Crippen molar-refractivity contribution in [2.75, 3.05) is 19.7 Å². The number of aliphatic hydroxyl groups is 1. The highest BCUT2D eigenvalue weighted by Gasteiger charge is 2.06. The zero-order valence-electron chi connectivity index (χ0n) is 11.7. The Morgan fingerprint density at radius 3 is 2.74 bits per heavy atom. The Labute approximate surface area is 120 Å². The lowest BCUT2D eigenvalue weighted by Gasteiger charge is -2.15. The van der Waals surface area contributed by atoms with Crippen LogP contribution in [0.5, 0.6) is 0 Å². The predicted octanol–water partition coefficient (Wildman–Crippen LogP) is 2.85. The normalized spacial score (nSPS) is 14.3. The average Bonchev–Trinajstić information content (AvgIpc) is 2.40. The van der Waals surface area contributed by atoms with Gasteiger partial charge in [-0.1, -0.05) is 50.1 Å². The van der Waals surface area contributed by atoms with Crippen molar-refractivity contribution in [2.45, 2.75) is 33.0 Å². The minimum atomic E-state index is -0.480. The number of hydrogen-bond donors (Lipinski definition) is 2. The van der Waals surface area contributed by atoms with Gasteiger partial charge in [-0.3, -0.25) is 0 Å². The lowest BCUT2D eigenvalue weighted by atomic mass is 10.1. The summed E-state index contributed by atoms with van der Waals surface area (Å²) >= 11 is 6.02. The van der Waals surface area contributed by atoms with Crippen molar-refractivity contribution in [3.8, 4) is 0 Å². The van der Waals surface area contributed by atoms with E-state index in [-0.39, 0.29) is 0 Å². The Bertz CT molecular complexity index is 360. The number of benzene rings is 1. The molecule has 1 rings (SSSR count). The number of halogens is 1. The van der Waals surface area contributed by atoms with Gasteiger partial charge in [0, 0.05) is 11.6 Å². The van der Waals surface area contributed by atoms with Gasteiger partial charge in [-0.25, -0.2) is 0 Å². The van der Waals surface area contributed by atoms with Crippen LogP contribution >= 0.6 is 11.6 Å². The van der Waals surface area contributed by atoms with Crippen LogP contribution in [-0.4, -0.2) is 30.9 Å². The number of nitrogens with one attached hydrogen (secondary N) is 1. The summed E-state index contributed by atoms with van der Waals surface area (Å²) in [5.41, 5.74) is 0.948. The predicted molar refractivity (Wildman–Crippen MR) is 79.4 cm³/mol. The Kier molecular flexibility index (Phi) is 8.07. The molecule has 0 bridgehead atoms. The summed E-state index contributed by atoms with van der Waals surface area (Å²) in [4.78, 5) is 0. The Balaban J connectivity index is 2.13. The van der Waals surface area contributed by atoms with Crippen molar-refractivity contribution in [1.29, 1.82) is 0 Å². The van der Waals surface area contributed by atoms with Gasteiger partial charge in [-0.2, -0.15) is 0 Å². The molecule has 0 amide bonds. The lowest BCUT2D eigenvalue weighted by Crippen LogP contribution is -2.32. The molecule has 3 nitrogen and oxygen atoms in total. The van der Waals surface area contributed by atoms with Gasteiger partial charge < -0.3 is 15.2 Å². The van der Waals surface area contributed by atoms with Crippen LogP contribution < -0.4 is 5.32 Å². The summed E-state index contributed by atoms with van der Waals surface area (Å²) in [6, 6.07) is 7.58. The summed E-state index contributed by atoms with van der Waals surface area (Å²) in [5, 5.41) is 13.7. The van der Waals surface area contributed by atoms with E-state index >= 15 is 0 Å². The van der Waals surface area contributed by atoms with E-state index in [2.05, 4.69) is 19.2 Å². The highest BCUT2D eigenvalue weighted by molar-refractivity contribution is 6.31. The SMILES string of the molecule is CCC(C)CNCC(O)COCc1ccccc1Cl. The number of hydrogen-bond acceptors (Lipinski definition) is 3. The third kappa shape index (κ3) is 6.92. The van der Waals surface area contributed by atoms with Crippen LogP contribution in [0.25, 0.3) is 0 Å². The van der Waals surface area contributed by atoms with Crippen LogP contribution in [0.2, 0.25) is 5.02 Å². The first kappa shape index (κ1) is 16.4. The van der Waals surface area contributed by atoms with E-state index in [4.69, 9.17) is 16.3 Å². The van der Waals surface area contributed by atoms with Gasteiger partial charge in [-0.05, 0) is 24.1 Å². The molecule has 1 aromatic carbocycles. The van der Waals surface area contributed by atoms with Crippen molar-refractivity contribution in [2.24, 2.45) is 5.92 Å². The van der Waals surface area contributed by atoms with Crippen LogP contribution in [0.3, 0.4) is 0 Å². The maximum absolute atomic E-state index is 9.76. The molecule has 0 saturated carbocycles. The Hall–Kier alpha value is -0.610. The summed E-state index contributed by atoms with van der Waals surface area (Å²) in [6.45, 7) is 6.59. The van der Waals surface area contributed by atoms with Gasteiger partial charge in [0.2, 0.25) is 0 Å². The van der Waals surface area contributed by atoms with Crippen molar-refractivity contribution >= 4 is 11.6 Å². The topological polar surface area (TPSA) is 41.5 Å². The molecular formula is C15H24ClNO2. The quantitative estimate of drug-likeness (QED) is 0.733. The van der Waals surface area contributed by atoms with E-state index in [1.165, 1.54) is 0 Å². The van der Waals surface area contributed by atoms with Gasteiger partial charge >= 0.3 is 0 Å². The second kappa shape index (κ2) is 9.32. The van der Waals surface area contributed by atoms with E-state index in [1.54, 1.807) is 0 Å². The van der Waals surface area contributed by atoms with E-state index in [9.17, 15) is 5.11 Å². The molecule has 0 spiro atoms. The molecule has 2 N–H and O–H groups in total. The Morgan fingerprint density at radius 1 is 1.32 bits per heavy atom. The number of aliphatic hydroxyl groups excluding tert-OH is 1. The van der Waals surface area contributed by atoms with Gasteiger partial charge in [0.1, 0.15) is 0 Å². The first-order valence-corrected chi connectivity index (χ1v) is 7.21. The standard InChI is InChI=1S/C15H24ClNO2/c1-3-12(2)8-17-9-14(18)11-19-10-13-6-4-5-7-15(13)16/h4-7,12,14,17-18H,3,8-11H2,1-2H3. The van der Waals surface area contributed by atoms with Crippen LogP contribution in [0.4, 0.5) is 0 Å².